The van der Waals surface area contributed by atoms with Crippen LogP contribution in [0, 0.1) is 0 Å². The third-order valence-corrected chi connectivity index (χ3v) is 2.21. The van der Waals surface area contributed by atoms with Crippen LogP contribution in [0.1, 0.15) is 12.8 Å². The summed E-state index contributed by atoms with van der Waals surface area (Å²) in [4.78, 5) is 5.06. The van der Waals surface area contributed by atoms with Crippen LogP contribution in [0.4, 0.5) is 0 Å². The van der Waals surface area contributed by atoms with Gasteiger partial charge >= 0.3 is 0 Å². The van der Waals surface area contributed by atoms with Crippen LogP contribution in [0.3, 0.4) is 0 Å². The highest BCUT2D eigenvalue weighted by Crippen LogP contribution is 2.23. The summed E-state index contributed by atoms with van der Waals surface area (Å²) in [7, 11) is 0. The summed E-state index contributed by atoms with van der Waals surface area (Å²) < 4.78 is 0. The Hall–Kier alpha value is -0.780. The molecule has 1 fully saturated rings. The molecule has 0 aromatic heterocycles. The number of nitrogens with zero attached hydrogens (tertiary/aromatic N) is 1. The van der Waals surface area contributed by atoms with Crippen LogP contribution >= 0.6 is 0 Å². The monoisotopic (exact) mass is 171 g/mol. The largest absolute Gasteiger partial charge is 0.390 e. The van der Waals surface area contributed by atoms with Crippen LogP contribution in [0.15, 0.2) is 12.5 Å². The Kier molecular flexibility index (Phi) is 1.92. The molecule has 3 N–H and O–H groups in total. The molecular formula is C7H13N3O2. The van der Waals surface area contributed by atoms with Gasteiger partial charge in [-0.1, -0.05) is 0 Å². The molecule has 0 aromatic carbocycles. The standard InChI is InChI=1S/C7H13N3O2/c11-7(1-3-8-4-2-7)10-9-5-6-12-10/h5-6,8-9,11H,1-4H2. The number of hydrogen-bond donors (Lipinski definition) is 3. The Morgan fingerprint density at radius 1 is 1.42 bits per heavy atom. The molecule has 5 nitrogen and oxygen atoms in total. The molecule has 2 heterocycles. The van der Waals surface area contributed by atoms with Crippen molar-refractivity contribution in [3.63, 3.8) is 0 Å². The summed E-state index contributed by atoms with van der Waals surface area (Å²) in [5.41, 5.74) is 1.95. The number of nitrogens with one attached hydrogen (secondary N) is 2. The molecule has 0 radical (unpaired) electrons. The van der Waals surface area contributed by atoms with Crippen molar-refractivity contribution in [2.75, 3.05) is 13.1 Å². The van der Waals surface area contributed by atoms with E-state index < -0.39 is 5.72 Å². The average molecular weight is 171 g/mol. The maximum absolute atomic E-state index is 10.0. The van der Waals surface area contributed by atoms with Gasteiger partial charge in [0.1, 0.15) is 6.26 Å². The molecule has 0 atom stereocenters. The highest BCUT2D eigenvalue weighted by atomic mass is 16.7. The number of rotatable bonds is 1. The Morgan fingerprint density at radius 2 is 2.17 bits per heavy atom. The van der Waals surface area contributed by atoms with Crippen molar-refractivity contribution in [3.05, 3.63) is 12.5 Å². The third kappa shape index (κ3) is 1.26. The first-order chi connectivity index (χ1) is 5.81. The second-order valence-electron chi connectivity index (χ2n) is 3.06. The van der Waals surface area contributed by atoms with Crippen LogP contribution in [0.5, 0.6) is 0 Å². The Morgan fingerprint density at radius 3 is 2.75 bits per heavy atom. The van der Waals surface area contributed by atoms with Crippen molar-refractivity contribution < 1.29 is 9.94 Å². The van der Waals surface area contributed by atoms with Gasteiger partial charge in [-0.05, 0) is 18.3 Å². The molecule has 2 aliphatic rings. The molecule has 0 aliphatic carbocycles. The van der Waals surface area contributed by atoms with E-state index in [4.69, 9.17) is 4.84 Å². The van der Waals surface area contributed by atoms with E-state index in [0.717, 1.165) is 13.1 Å². The molecule has 0 saturated carbocycles. The van der Waals surface area contributed by atoms with Crippen LogP contribution in [-0.2, 0) is 4.84 Å². The lowest BCUT2D eigenvalue weighted by Crippen LogP contribution is -2.56. The second kappa shape index (κ2) is 2.93. The first kappa shape index (κ1) is 7.85. The van der Waals surface area contributed by atoms with E-state index in [-0.39, 0.29) is 0 Å². The topological polar surface area (TPSA) is 56.8 Å². The normalized spacial score (nSPS) is 28.1. The highest BCUT2D eigenvalue weighted by Gasteiger charge is 2.38. The zero-order chi connectivity index (χ0) is 8.44. The fourth-order valence-electron chi connectivity index (χ4n) is 1.47. The van der Waals surface area contributed by atoms with Gasteiger partial charge in [0.15, 0.2) is 5.72 Å². The molecule has 1 saturated heterocycles. The van der Waals surface area contributed by atoms with Crippen molar-refractivity contribution >= 4 is 0 Å². The SMILES string of the molecule is OC1(N2NC=CO2)CCNCC1. The van der Waals surface area contributed by atoms with E-state index in [1.165, 1.54) is 11.4 Å². The van der Waals surface area contributed by atoms with E-state index in [1.54, 1.807) is 6.20 Å². The summed E-state index contributed by atoms with van der Waals surface area (Å²) in [6, 6.07) is 0. The number of hydroxylamine groups is 1. The molecule has 12 heavy (non-hydrogen) atoms. The minimum Gasteiger partial charge on any atom is -0.390 e. The van der Waals surface area contributed by atoms with Gasteiger partial charge in [0.25, 0.3) is 0 Å². The van der Waals surface area contributed by atoms with Crippen LogP contribution in [0.2, 0.25) is 0 Å². The number of hydrogen-bond acceptors (Lipinski definition) is 5. The smallest absolute Gasteiger partial charge is 0.174 e. The van der Waals surface area contributed by atoms with Gasteiger partial charge in [-0.3, -0.25) is 5.43 Å². The Balaban J connectivity index is 1.98. The minimum atomic E-state index is -0.866. The Labute approximate surface area is 70.9 Å². The van der Waals surface area contributed by atoms with E-state index in [1.807, 2.05) is 0 Å². The van der Waals surface area contributed by atoms with Gasteiger partial charge < -0.3 is 15.3 Å². The minimum absolute atomic E-state index is 0.668. The average Bonchev–Trinajstić information content (AvgIpc) is 2.58. The lowest BCUT2D eigenvalue weighted by atomic mass is 10.0. The van der Waals surface area contributed by atoms with Crippen LogP contribution < -0.4 is 10.7 Å². The first-order valence-corrected chi connectivity index (χ1v) is 4.13. The third-order valence-electron chi connectivity index (χ3n) is 2.21. The maximum Gasteiger partial charge on any atom is 0.174 e. The summed E-state index contributed by atoms with van der Waals surface area (Å²) >= 11 is 0. The number of aliphatic hydroxyl groups is 1. The van der Waals surface area contributed by atoms with Crippen LogP contribution in [0.25, 0.3) is 0 Å². The summed E-state index contributed by atoms with van der Waals surface area (Å²) in [5, 5.41) is 14.6. The van der Waals surface area contributed by atoms with Crippen molar-refractivity contribution in [2.24, 2.45) is 0 Å². The van der Waals surface area contributed by atoms with E-state index in [9.17, 15) is 5.11 Å². The summed E-state index contributed by atoms with van der Waals surface area (Å²) in [5.74, 6) is 0. The maximum atomic E-state index is 10.0. The van der Waals surface area contributed by atoms with Gasteiger partial charge in [0.05, 0.1) is 6.20 Å². The quantitative estimate of drug-likeness (QED) is 0.486. The molecule has 0 spiro atoms. The highest BCUT2D eigenvalue weighted by molar-refractivity contribution is 4.85. The van der Waals surface area contributed by atoms with Crippen molar-refractivity contribution in [2.45, 2.75) is 18.6 Å². The van der Waals surface area contributed by atoms with E-state index in [0.29, 0.717) is 12.8 Å². The van der Waals surface area contributed by atoms with Crippen molar-refractivity contribution in [1.29, 1.82) is 0 Å². The second-order valence-corrected chi connectivity index (χ2v) is 3.06. The predicted molar refractivity (Wildman–Crippen MR) is 42.3 cm³/mol. The zero-order valence-corrected chi connectivity index (χ0v) is 6.79. The summed E-state index contributed by atoms with van der Waals surface area (Å²) in [6.07, 6.45) is 4.50. The van der Waals surface area contributed by atoms with Crippen molar-refractivity contribution in [3.8, 4) is 0 Å². The zero-order valence-electron chi connectivity index (χ0n) is 6.79. The molecule has 2 aliphatic heterocycles. The number of piperidine rings is 1. The van der Waals surface area contributed by atoms with Gasteiger partial charge in [-0.2, -0.15) is 0 Å². The molecule has 0 amide bonds. The van der Waals surface area contributed by atoms with Gasteiger partial charge in [0, 0.05) is 12.8 Å². The van der Waals surface area contributed by atoms with Crippen molar-refractivity contribution in [1.82, 2.24) is 15.9 Å². The Bertz CT molecular complexity index is 181. The van der Waals surface area contributed by atoms with Gasteiger partial charge in [0.2, 0.25) is 0 Å². The van der Waals surface area contributed by atoms with Crippen LogP contribution in [-0.4, -0.2) is 29.1 Å². The molecule has 0 bridgehead atoms. The molecule has 2 rings (SSSR count). The number of hydrazine groups is 1. The van der Waals surface area contributed by atoms with E-state index >= 15 is 0 Å². The molecule has 0 aromatic rings. The van der Waals surface area contributed by atoms with Gasteiger partial charge in [-0.15, -0.1) is 0 Å². The molecule has 68 valence electrons. The molecule has 0 unspecified atom stereocenters. The summed E-state index contributed by atoms with van der Waals surface area (Å²) in [6.45, 7) is 1.64. The van der Waals surface area contributed by atoms with E-state index in [2.05, 4.69) is 10.7 Å². The fourth-order valence-corrected chi connectivity index (χ4v) is 1.47. The molecule has 5 heteroatoms. The fraction of sp³-hybridized carbons (Fsp3) is 0.714. The lowest BCUT2D eigenvalue weighted by Gasteiger charge is -2.37. The van der Waals surface area contributed by atoms with Gasteiger partial charge in [-0.25, -0.2) is 0 Å². The lowest BCUT2D eigenvalue weighted by molar-refractivity contribution is -0.283. The molecular weight excluding hydrogens is 158 g/mol. The first-order valence-electron chi connectivity index (χ1n) is 4.13. The predicted octanol–water partition coefficient (Wildman–Crippen LogP) is -0.719.